The summed E-state index contributed by atoms with van der Waals surface area (Å²) in [6, 6.07) is 5.96. The maximum Gasteiger partial charge on any atom is 0.303 e. The zero-order valence-corrected chi connectivity index (χ0v) is 16.3. The molecule has 0 saturated heterocycles. The predicted octanol–water partition coefficient (Wildman–Crippen LogP) is 3.55. The molecule has 0 bridgehead atoms. The number of carboxylic acids is 2. The number of hydrogen-bond donors (Lipinski definition) is 4. The average Bonchev–Trinajstić information content (AvgIpc) is 2.95. The first-order chi connectivity index (χ1) is 13.2. The maximum atomic E-state index is 10.4. The second-order valence-corrected chi connectivity index (χ2v) is 8.72. The van der Waals surface area contributed by atoms with E-state index in [0.29, 0.717) is 17.6 Å². The minimum atomic E-state index is -1.08. The molecule has 4 N–H and O–H groups in total. The SMILES string of the molecule is C[C@]12CC[C@@H]3c4ccc(O)cc4CC[C@H]3[C@@H]1CCC2O.O=C(O)CCC(=O)O. The molecule has 6 heteroatoms. The lowest BCUT2D eigenvalue weighted by atomic mass is 9.55. The molecule has 1 unspecified atom stereocenters. The molecular weight excluding hydrogens is 360 g/mol. The second-order valence-electron chi connectivity index (χ2n) is 8.72. The number of hydrogen-bond acceptors (Lipinski definition) is 4. The Bertz CT molecular complexity index is 731. The van der Waals surface area contributed by atoms with E-state index in [9.17, 15) is 19.8 Å². The molecule has 2 saturated carbocycles. The molecule has 0 amide bonds. The van der Waals surface area contributed by atoms with Gasteiger partial charge in [0.1, 0.15) is 5.75 Å². The fourth-order valence-corrected chi connectivity index (χ4v) is 5.76. The molecule has 28 heavy (non-hydrogen) atoms. The van der Waals surface area contributed by atoms with Gasteiger partial charge in [0.2, 0.25) is 0 Å². The van der Waals surface area contributed by atoms with E-state index in [4.69, 9.17) is 10.2 Å². The summed E-state index contributed by atoms with van der Waals surface area (Å²) < 4.78 is 0. The first kappa shape index (κ1) is 20.6. The number of aliphatic hydroxyl groups excluding tert-OH is 1. The number of fused-ring (bicyclic) bond motifs is 5. The molecule has 0 heterocycles. The number of benzene rings is 1. The third-order valence-corrected chi connectivity index (χ3v) is 7.21. The van der Waals surface area contributed by atoms with E-state index in [1.54, 1.807) is 0 Å². The number of carboxylic acid groups (broad SMARTS) is 2. The van der Waals surface area contributed by atoms with E-state index >= 15 is 0 Å². The average molecular weight is 390 g/mol. The minimum Gasteiger partial charge on any atom is -0.508 e. The molecule has 3 aliphatic rings. The molecule has 0 spiro atoms. The summed E-state index contributed by atoms with van der Waals surface area (Å²) in [4.78, 5) is 19.3. The van der Waals surface area contributed by atoms with Crippen molar-refractivity contribution in [3.05, 3.63) is 29.3 Å². The summed E-state index contributed by atoms with van der Waals surface area (Å²) in [5.74, 6) is 0.336. The van der Waals surface area contributed by atoms with Crippen LogP contribution in [0.5, 0.6) is 5.75 Å². The van der Waals surface area contributed by atoms with Gasteiger partial charge in [-0.25, -0.2) is 0 Å². The van der Waals surface area contributed by atoms with Crippen molar-refractivity contribution in [3.8, 4) is 5.75 Å². The predicted molar refractivity (Wildman–Crippen MR) is 103 cm³/mol. The highest BCUT2D eigenvalue weighted by Gasteiger charge is 2.54. The zero-order valence-electron chi connectivity index (χ0n) is 16.3. The highest BCUT2D eigenvalue weighted by atomic mass is 16.4. The van der Waals surface area contributed by atoms with Crippen molar-refractivity contribution in [1.82, 2.24) is 0 Å². The van der Waals surface area contributed by atoms with Crippen LogP contribution in [0.2, 0.25) is 0 Å². The molecule has 0 aliphatic heterocycles. The number of aliphatic carboxylic acids is 2. The number of aliphatic hydroxyl groups is 1. The molecule has 3 aliphatic carbocycles. The van der Waals surface area contributed by atoms with Crippen molar-refractivity contribution in [1.29, 1.82) is 0 Å². The monoisotopic (exact) mass is 390 g/mol. The topological polar surface area (TPSA) is 115 Å². The first-order valence-corrected chi connectivity index (χ1v) is 10.2. The summed E-state index contributed by atoms with van der Waals surface area (Å²) in [6.45, 7) is 2.32. The van der Waals surface area contributed by atoms with Crippen LogP contribution in [0.25, 0.3) is 0 Å². The number of aromatic hydroxyl groups is 1. The molecule has 1 aromatic carbocycles. The van der Waals surface area contributed by atoms with Crippen LogP contribution >= 0.6 is 0 Å². The van der Waals surface area contributed by atoms with Gasteiger partial charge in [0.25, 0.3) is 0 Å². The maximum absolute atomic E-state index is 10.4. The summed E-state index contributed by atoms with van der Waals surface area (Å²) in [6.07, 6.45) is 6.19. The van der Waals surface area contributed by atoms with Crippen LogP contribution in [0.15, 0.2) is 18.2 Å². The highest BCUT2D eigenvalue weighted by molar-refractivity contribution is 5.75. The van der Waals surface area contributed by atoms with Gasteiger partial charge in [-0.2, -0.15) is 0 Å². The summed E-state index contributed by atoms with van der Waals surface area (Å²) >= 11 is 0. The highest BCUT2D eigenvalue weighted by Crippen LogP contribution is 2.60. The van der Waals surface area contributed by atoms with E-state index in [2.05, 4.69) is 13.0 Å². The van der Waals surface area contributed by atoms with Crippen molar-refractivity contribution in [2.24, 2.45) is 17.3 Å². The van der Waals surface area contributed by atoms with E-state index in [-0.39, 0.29) is 24.4 Å². The Labute approximate surface area is 165 Å². The van der Waals surface area contributed by atoms with Crippen molar-refractivity contribution < 1.29 is 30.0 Å². The molecular formula is C22H30O6. The van der Waals surface area contributed by atoms with Crippen molar-refractivity contribution in [3.63, 3.8) is 0 Å². The van der Waals surface area contributed by atoms with Crippen LogP contribution in [-0.2, 0) is 16.0 Å². The zero-order chi connectivity index (χ0) is 20.5. The molecule has 5 atom stereocenters. The van der Waals surface area contributed by atoms with Gasteiger partial charge >= 0.3 is 11.9 Å². The van der Waals surface area contributed by atoms with Crippen molar-refractivity contribution >= 4 is 11.9 Å². The van der Waals surface area contributed by atoms with Gasteiger partial charge in [0.15, 0.2) is 0 Å². The first-order valence-electron chi connectivity index (χ1n) is 10.2. The molecule has 0 aromatic heterocycles. The van der Waals surface area contributed by atoms with E-state index in [0.717, 1.165) is 25.2 Å². The van der Waals surface area contributed by atoms with Gasteiger partial charge in [-0.05, 0) is 85.0 Å². The minimum absolute atomic E-state index is 0.0883. The molecule has 0 radical (unpaired) electrons. The fourth-order valence-electron chi connectivity index (χ4n) is 5.76. The third kappa shape index (κ3) is 4.02. The number of rotatable bonds is 3. The third-order valence-electron chi connectivity index (χ3n) is 7.21. The Kier molecular flexibility index (Phi) is 5.98. The van der Waals surface area contributed by atoms with Gasteiger partial charge in [-0.15, -0.1) is 0 Å². The van der Waals surface area contributed by atoms with Gasteiger partial charge in [-0.3, -0.25) is 9.59 Å². The van der Waals surface area contributed by atoms with Gasteiger partial charge in [0.05, 0.1) is 18.9 Å². The van der Waals surface area contributed by atoms with Gasteiger partial charge in [-0.1, -0.05) is 13.0 Å². The van der Waals surface area contributed by atoms with Crippen LogP contribution in [0.1, 0.15) is 68.9 Å². The lowest BCUT2D eigenvalue weighted by Gasteiger charge is -2.50. The van der Waals surface area contributed by atoms with Gasteiger partial charge < -0.3 is 20.4 Å². The van der Waals surface area contributed by atoms with Gasteiger partial charge in [0, 0.05) is 0 Å². The molecule has 6 nitrogen and oxygen atoms in total. The fraction of sp³-hybridized carbons (Fsp3) is 0.636. The van der Waals surface area contributed by atoms with Crippen molar-refractivity contribution in [2.75, 3.05) is 0 Å². The standard InChI is InChI=1S/C18H24O2.C4H6O4/c1-18-9-8-14-13-5-3-12(19)10-11(13)2-4-15(14)16(18)6-7-17(18)20;5-3(6)1-2-4(7)8/h3,5,10,14-17,19-20H,2,4,6-9H2,1H3;1-2H2,(H,5,6)(H,7,8)/t14-,15-,16+,17?,18+;/m1./s1. The molecule has 154 valence electrons. The summed E-state index contributed by atoms with van der Waals surface area (Å²) in [5.41, 5.74) is 2.99. The lowest BCUT2D eigenvalue weighted by Crippen LogP contribution is -2.43. The number of carbonyl (C=O) groups is 2. The van der Waals surface area contributed by atoms with Crippen LogP contribution in [0, 0.1) is 17.3 Å². The van der Waals surface area contributed by atoms with E-state index in [1.165, 1.54) is 30.4 Å². The van der Waals surface area contributed by atoms with E-state index in [1.807, 2.05) is 12.1 Å². The smallest absolute Gasteiger partial charge is 0.303 e. The number of phenolic OH excluding ortho intramolecular Hbond substituents is 1. The quantitative estimate of drug-likeness (QED) is 0.627. The van der Waals surface area contributed by atoms with Crippen molar-refractivity contribution in [2.45, 2.75) is 70.3 Å². The Morgan fingerprint density at radius 1 is 1.07 bits per heavy atom. The second kappa shape index (κ2) is 8.11. The molecule has 4 rings (SSSR count). The largest absolute Gasteiger partial charge is 0.508 e. The van der Waals surface area contributed by atoms with E-state index < -0.39 is 11.9 Å². The molecule has 1 aromatic rings. The molecule has 2 fully saturated rings. The summed E-state index contributed by atoms with van der Waals surface area (Å²) in [7, 11) is 0. The van der Waals surface area contributed by atoms with Crippen LogP contribution in [0.3, 0.4) is 0 Å². The van der Waals surface area contributed by atoms with Crippen LogP contribution < -0.4 is 0 Å². The van der Waals surface area contributed by atoms with Crippen LogP contribution in [-0.4, -0.2) is 38.5 Å². The Balaban J connectivity index is 0.000000242. The number of aryl methyl sites for hydroxylation is 1. The Morgan fingerprint density at radius 3 is 2.39 bits per heavy atom. The Morgan fingerprint density at radius 2 is 1.75 bits per heavy atom. The summed E-state index contributed by atoms with van der Waals surface area (Å²) in [5, 5.41) is 35.8. The lowest BCUT2D eigenvalue weighted by molar-refractivity contribution is -0.143. The Hall–Kier alpha value is -2.08. The number of phenols is 1. The van der Waals surface area contributed by atoms with Crippen LogP contribution in [0.4, 0.5) is 0 Å². The normalized spacial score (nSPS) is 32.9.